The van der Waals surface area contributed by atoms with Crippen LogP contribution in [0.4, 0.5) is 0 Å². The normalized spacial score (nSPS) is 27.9. The highest BCUT2D eigenvalue weighted by molar-refractivity contribution is 7.90. The summed E-state index contributed by atoms with van der Waals surface area (Å²) in [6, 6.07) is 5.57. The third-order valence-corrected chi connectivity index (χ3v) is 7.69. The molecule has 1 aromatic rings. The second kappa shape index (κ2) is 7.88. The molecule has 0 bridgehead atoms. The highest BCUT2D eigenvalue weighted by Gasteiger charge is 2.52. The molecule has 2 heterocycles. The molecule has 1 amide bonds. The number of amides is 1. The van der Waals surface area contributed by atoms with Crippen LogP contribution in [0.5, 0.6) is 0 Å². The SMILES string of the molecule is CS(=O)(=O)c1cccc(C2=CCNC(C(=O)[C@H]3NCC4(CC4)C[C@@H]3C(=O)NO)C2)c1. The first-order chi connectivity index (χ1) is 14.2. The van der Waals surface area contributed by atoms with Gasteiger partial charge in [-0.1, -0.05) is 18.2 Å². The number of carbonyl (C=O) groups excluding carboxylic acids is 2. The Labute approximate surface area is 176 Å². The number of ketones is 1. The molecule has 30 heavy (non-hydrogen) atoms. The molecule has 3 aliphatic rings. The Morgan fingerprint density at radius 2 is 2.00 bits per heavy atom. The summed E-state index contributed by atoms with van der Waals surface area (Å²) >= 11 is 0. The highest BCUT2D eigenvalue weighted by atomic mass is 32.2. The summed E-state index contributed by atoms with van der Waals surface area (Å²) in [5.74, 6) is -1.24. The lowest BCUT2D eigenvalue weighted by molar-refractivity contribution is -0.140. The van der Waals surface area contributed by atoms with E-state index < -0.39 is 33.7 Å². The van der Waals surface area contributed by atoms with Gasteiger partial charge in [0.1, 0.15) is 0 Å². The summed E-state index contributed by atoms with van der Waals surface area (Å²) in [6.45, 7) is 1.17. The van der Waals surface area contributed by atoms with E-state index >= 15 is 0 Å². The van der Waals surface area contributed by atoms with E-state index in [4.69, 9.17) is 5.21 Å². The third kappa shape index (κ3) is 4.20. The van der Waals surface area contributed by atoms with Crippen LogP contribution in [0.25, 0.3) is 5.57 Å². The van der Waals surface area contributed by atoms with Crippen molar-refractivity contribution in [1.82, 2.24) is 16.1 Å². The summed E-state index contributed by atoms with van der Waals surface area (Å²) in [5, 5.41) is 15.6. The van der Waals surface area contributed by atoms with Crippen LogP contribution in [0.3, 0.4) is 0 Å². The predicted molar refractivity (Wildman–Crippen MR) is 110 cm³/mol. The number of Topliss-reactive ketones (excluding diaryl/α,β-unsaturated/α-hetero) is 1. The molecule has 1 aromatic carbocycles. The number of benzene rings is 1. The smallest absolute Gasteiger partial charge is 0.248 e. The Bertz CT molecular complexity index is 1000. The maximum absolute atomic E-state index is 13.3. The summed E-state index contributed by atoms with van der Waals surface area (Å²) in [4.78, 5) is 25.8. The van der Waals surface area contributed by atoms with Crippen molar-refractivity contribution in [1.29, 1.82) is 0 Å². The van der Waals surface area contributed by atoms with Crippen molar-refractivity contribution in [3.63, 3.8) is 0 Å². The number of nitrogens with one attached hydrogen (secondary N) is 3. The molecule has 4 N–H and O–H groups in total. The van der Waals surface area contributed by atoms with Crippen LogP contribution >= 0.6 is 0 Å². The molecular formula is C21H27N3O5S. The molecule has 1 saturated heterocycles. The Kier molecular flexibility index (Phi) is 5.56. The predicted octanol–water partition coefficient (Wildman–Crippen LogP) is 0.668. The largest absolute Gasteiger partial charge is 0.306 e. The van der Waals surface area contributed by atoms with Gasteiger partial charge in [-0.25, -0.2) is 13.9 Å². The van der Waals surface area contributed by atoms with Crippen molar-refractivity contribution in [2.24, 2.45) is 11.3 Å². The van der Waals surface area contributed by atoms with E-state index in [-0.39, 0.29) is 16.1 Å². The molecule has 2 aliphatic heterocycles. The van der Waals surface area contributed by atoms with Crippen molar-refractivity contribution in [3.8, 4) is 0 Å². The van der Waals surface area contributed by atoms with Gasteiger partial charge in [0.15, 0.2) is 15.6 Å². The minimum atomic E-state index is -3.32. The third-order valence-electron chi connectivity index (χ3n) is 6.58. The Balaban J connectivity index is 1.52. The standard InChI is InChI=1S/C21H27N3O5S/c1-30(28,29)15-4-2-3-13(9-15)14-5-8-22-17(10-14)19(25)18-16(20(26)24-27)11-21(6-7-21)12-23-18/h2-5,9,16-18,22-23,27H,6-8,10-12H2,1H3,(H,24,26)/t16-,17?,18-/m0/s1. The van der Waals surface area contributed by atoms with Crippen LogP contribution in [-0.2, 0) is 19.4 Å². The van der Waals surface area contributed by atoms with E-state index in [1.807, 2.05) is 12.1 Å². The zero-order valence-corrected chi connectivity index (χ0v) is 17.7. The van der Waals surface area contributed by atoms with E-state index in [1.165, 1.54) is 6.26 Å². The highest BCUT2D eigenvalue weighted by Crippen LogP contribution is 2.52. The minimum Gasteiger partial charge on any atom is -0.306 e. The molecule has 9 heteroatoms. The fourth-order valence-electron chi connectivity index (χ4n) is 4.59. The Morgan fingerprint density at radius 1 is 1.23 bits per heavy atom. The van der Waals surface area contributed by atoms with Gasteiger partial charge in [-0.3, -0.25) is 14.8 Å². The molecule has 162 valence electrons. The average molecular weight is 434 g/mol. The molecule has 2 fully saturated rings. The van der Waals surface area contributed by atoms with Gasteiger partial charge in [0.05, 0.1) is 22.9 Å². The first-order valence-electron chi connectivity index (χ1n) is 10.2. The van der Waals surface area contributed by atoms with Crippen LogP contribution < -0.4 is 16.1 Å². The van der Waals surface area contributed by atoms with Crippen LogP contribution in [0.2, 0.25) is 0 Å². The molecule has 1 unspecified atom stereocenters. The molecule has 1 aliphatic carbocycles. The van der Waals surface area contributed by atoms with Crippen LogP contribution in [-0.4, -0.2) is 56.7 Å². The van der Waals surface area contributed by atoms with Crippen molar-refractivity contribution < 1.29 is 23.2 Å². The van der Waals surface area contributed by atoms with Gasteiger partial charge in [0.2, 0.25) is 5.91 Å². The van der Waals surface area contributed by atoms with Crippen molar-refractivity contribution >= 4 is 27.1 Å². The topological polar surface area (TPSA) is 125 Å². The maximum atomic E-state index is 13.3. The summed E-state index contributed by atoms with van der Waals surface area (Å²) in [5.41, 5.74) is 3.47. The summed E-state index contributed by atoms with van der Waals surface area (Å²) in [7, 11) is -3.32. The number of carbonyl (C=O) groups is 2. The van der Waals surface area contributed by atoms with Crippen LogP contribution in [0.15, 0.2) is 35.2 Å². The molecule has 4 rings (SSSR count). The number of hydrogen-bond acceptors (Lipinski definition) is 7. The van der Waals surface area contributed by atoms with Crippen molar-refractivity contribution in [2.75, 3.05) is 19.3 Å². The van der Waals surface area contributed by atoms with E-state index in [9.17, 15) is 18.0 Å². The summed E-state index contributed by atoms with van der Waals surface area (Å²) < 4.78 is 23.8. The zero-order valence-electron chi connectivity index (χ0n) is 16.8. The fourth-order valence-corrected chi connectivity index (χ4v) is 5.26. The average Bonchev–Trinajstić information content (AvgIpc) is 3.50. The van der Waals surface area contributed by atoms with Crippen molar-refractivity contribution in [3.05, 3.63) is 35.9 Å². The van der Waals surface area contributed by atoms with Gasteiger partial charge < -0.3 is 10.6 Å². The van der Waals surface area contributed by atoms with E-state index in [0.29, 0.717) is 25.9 Å². The van der Waals surface area contributed by atoms with Gasteiger partial charge in [-0.2, -0.15) is 0 Å². The van der Waals surface area contributed by atoms with Gasteiger partial charge in [-0.05, 0) is 54.4 Å². The molecule has 8 nitrogen and oxygen atoms in total. The molecule has 0 radical (unpaired) electrons. The number of hydrogen-bond donors (Lipinski definition) is 4. The number of rotatable bonds is 5. The lowest BCUT2D eigenvalue weighted by atomic mass is 9.78. The number of sulfone groups is 1. The molecule has 1 saturated carbocycles. The molecule has 3 atom stereocenters. The van der Waals surface area contributed by atoms with Gasteiger partial charge in [0, 0.05) is 19.3 Å². The maximum Gasteiger partial charge on any atom is 0.248 e. The molecule has 0 aromatic heterocycles. The minimum absolute atomic E-state index is 0.0745. The lowest BCUT2D eigenvalue weighted by Gasteiger charge is -2.37. The number of hydroxylamine groups is 1. The first-order valence-corrected chi connectivity index (χ1v) is 12.1. The lowest BCUT2D eigenvalue weighted by Crippen LogP contribution is -2.59. The second-order valence-electron chi connectivity index (χ2n) is 8.74. The van der Waals surface area contributed by atoms with E-state index in [1.54, 1.807) is 23.7 Å². The van der Waals surface area contributed by atoms with Gasteiger partial charge in [0.25, 0.3) is 0 Å². The zero-order chi connectivity index (χ0) is 21.5. The second-order valence-corrected chi connectivity index (χ2v) is 10.8. The fraction of sp³-hybridized carbons (Fsp3) is 0.524. The first kappa shape index (κ1) is 21.2. The van der Waals surface area contributed by atoms with E-state index in [0.717, 1.165) is 24.0 Å². The summed E-state index contributed by atoms with van der Waals surface area (Å²) in [6.07, 6.45) is 6.18. The molecular weight excluding hydrogens is 406 g/mol. The van der Waals surface area contributed by atoms with Gasteiger partial charge in [-0.15, -0.1) is 0 Å². The van der Waals surface area contributed by atoms with Crippen LogP contribution in [0.1, 0.15) is 31.2 Å². The monoisotopic (exact) mass is 433 g/mol. The van der Waals surface area contributed by atoms with Gasteiger partial charge >= 0.3 is 0 Å². The van der Waals surface area contributed by atoms with Crippen molar-refractivity contribution in [2.45, 2.75) is 42.7 Å². The van der Waals surface area contributed by atoms with E-state index in [2.05, 4.69) is 10.6 Å². The van der Waals surface area contributed by atoms with Crippen LogP contribution in [0, 0.1) is 11.3 Å². The molecule has 1 spiro atoms. The number of piperidine rings is 1. The quantitative estimate of drug-likeness (QED) is 0.397. The Morgan fingerprint density at radius 3 is 2.67 bits per heavy atom. The Hall–Kier alpha value is -2.07.